The minimum atomic E-state index is 0.810. The SMILES string of the molecule is CCOCCN(CCOCC)CC1CNC1. The maximum absolute atomic E-state index is 5.41. The van der Waals surface area contributed by atoms with Crippen LogP contribution in [-0.4, -0.2) is 64.1 Å². The van der Waals surface area contributed by atoms with Gasteiger partial charge in [-0.15, -0.1) is 0 Å². The third-order valence-corrected chi connectivity index (χ3v) is 2.89. The maximum Gasteiger partial charge on any atom is 0.0593 e. The van der Waals surface area contributed by atoms with Gasteiger partial charge in [-0.3, -0.25) is 4.90 Å². The smallest absolute Gasteiger partial charge is 0.0593 e. The summed E-state index contributed by atoms with van der Waals surface area (Å²) in [6.07, 6.45) is 0. The Bertz CT molecular complexity index is 153. The molecule has 1 rings (SSSR count). The number of ether oxygens (including phenoxy) is 2. The van der Waals surface area contributed by atoms with Gasteiger partial charge in [-0.05, 0) is 19.8 Å². The van der Waals surface area contributed by atoms with Gasteiger partial charge in [0.05, 0.1) is 13.2 Å². The monoisotopic (exact) mass is 230 g/mol. The topological polar surface area (TPSA) is 33.7 Å². The summed E-state index contributed by atoms with van der Waals surface area (Å²) in [5.74, 6) is 0.822. The van der Waals surface area contributed by atoms with Gasteiger partial charge in [0.1, 0.15) is 0 Å². The minimum absolute atomic E-state index is 0.810. The Morgan fingerprint density at radius 1 is 1.06 bits per heavy atom. The molecule has 0 aliphatic carbocycles. The number of nitrogens with one attached hydrogen (secondary N) is 1. The molecular weight excluding hydrogens is 204 g/mol. The molecule has 0 atom stereocenters. The van der Waals surface area contributed by atoms with Crippen LogP contribution < -0.4 is 5.32 Å². The molecule has 0 bridgehead atoms. The second kappa shape index (κ2) is 8.93. The zero-order chi connectivity index (χ0) is 11.6. The number of nitrogens with zero attached hydrogens (tertiary/aromatic N) is 1. The Kier molecular flexibility index (Phi) is 7.76. The van der Waals surface area contributed by atoms with Gasteiger partial charge < -0.3 is 14.8 Å². The number of hydrogen-bond acceptors (Lipinski definition) is 4. The first kappa shape index (κ1) is 13.9. The van der Waals surface area contributed by atoms with E-state index in [-0.39, 0.29) is 0 Å². The highest BCUT2D eigenvalue weighted by atomic mass is 16.5. The Labute approximate surface area is 99.3 Å². The molecule has 4 nitrogen and oxygen atoms in total. The molecule has 1 fully saturated rings. The Morgan fingerprint density at radius 2 is 1.62 bits per heavy atom. The molecule has 0 aromatic heterocycles. The molecule has 1 aliphatic heterocycles. The van der Waals surface area contributed by atoms with Gasteiger partial charge in [-0.25, -0.2) is 0 Å². The van der Waals surface area contributed by atoms with Crippen molar-refractivity contribution in [2.45, 2.75) is 13.8 Å². The van der Waals surface area contributed by atoms with Crippen LogP contribution in [0.1, 0.15) is 13.8 Å². The minimum Gasteiger partial charge on any atom is -0.380 e. The molecule has 16 heavy (non-hydrogen) atoms. The summed E-state index contributed by atoms with van der Waals surface area (Å²) >= 11 is 0. The fourth-order valence-electron chi connectivity index (χ4n) is 1.81. The second-order valence-corrected chi connectivity index (χ2v) is 4.22. The molecule has 0 aromatic carbocycles. The first-order chi connectivity index (χ1) is 7.86. The quantitative estimate of drug-likeness (QED) is 0.557. The predicted molar refractivity (Wildman–Crippen MR) is 65.8 cm³/mol. The third kappa shape index (κ3) is 5.80. The van der Waals surface area contributed by atoms with Crippen molar-refractivity contribution in [1.82, 2.24) is 10.2 Å². The summed E-state index contributed by atoms with van der Waals surface area (Å²) in [6.45, 7) is 12.9. The van der Waals surface area contributed by atoms with Crippen LogP contribution in [0.2, 0.25) is 0 Å². The molecule has 0 saturated carbocycles. The van der Waals surface area contributed by atoms with E-state index in [1.165, 1.54) is 19.6 Å². The van der Waals surface area contributed by atoms with Crippen LogP contribution in [0.4, 0.5) is 0 Å². The fraction of sp³-hybridized carbons (Fsp3) is 1.00. The van der Waals surface area contributed by atoms with E-state index in [4.69, 9.17) is 9.47 Å². The van der Waals surface area contributed by atoms with Gasteiger partial charge in [0.25, 0.3) is 0 Å². The largest absolute Gasteiger partial charge is 0.380 e. The van der Waals surface area contributed by atoms with Gasteiger partial charge >= 0.3 is 0 Å². The van der Waals surface area contributed by atoms with Gasteiger partial charge in [0.15, 0.2) is 0 Å². The van der Waals surface area contributed by atoms with Crippen molar-refractivity contribution in [2.75, 3.05) is 59.2 Å². The molecule has 0 spiro atoms. The van der Waals surface area contributed by atoms with Crippen molar-refractivity contribution in [1.29, 1.82) is 0 Å². The van der Waals surface area contributed by atoms with Crippen molar-refractivity contribution in [2.24, 2.45) is 5.92 Å². The highest BCUT2D eigenvalue weighted by molar-refractivity contribution is 4.78. The van der Waals surface area contributed by atoms with E-state index in [9.17, 15) is 0 Å². The molecule has 1 saturated heterocycles. The summed E-state index contributed by atoms with van der Waals surface area (Å²) in [6, 6.07) is 0. The van der Waals surface area contributed by atoms with Gasteiger partial charge in [0, 0.05) is 45.9 Å². The molecule has 0 unspecified atom stereocenters. The van der Waals surface area contributed by atoms with Crippen LogP contribution >= 0.6 is 0 Å². The van der Waals surface area contributed by atoms with Crippen molar-refractivity contribution in [3.63, 3.8) is 0 Å². The van der Waals surface area contributed by atoms with E-state index in [0.29, 0.717) is 0 Å². The van der Waals surface area contributed by atoms with Crippen molar-refractivity contribution in [3.05, 3.63) is 0 Å². The first-order valence-electron chi connectivity index (χ1n) is 6.45. The molecule has 0 radical (unpaired) electrons. The zero-order valence-electron chi connectivity index (χ0n) is 10.7. The Balaban J connectivity index is 2.11. The number of hydrogen-bond donors (Lipinski definition) is 1. The van der Waals surface area contributed by atoms with E-state index in [2.05, 4.69) is 10.2 Å². The highest BCUT2D eigenvalue weighted by Crippen LogP contribution is 2.05. The van der Waals surface area contributed by atoms with Crippen LogP contribution in [-0.2, 0) is 9.47 Å². The van der Waals surface area contributed by atoms with E-state index in [0.717, 1.165) is 45.4 Å². The Hall–Kier alpha value is -0.160. The normalized spacial score (nSPS) is 16.7. The molecule has 0 amide bonds. The maximum atomic E-state index is 5.41. The van der Waals surface area contributed by atoms with Crippen LogP contribution in [0.25, 0.3) is 0 Å². The van der Waals surface area contributed by atoms with Crippen molar-refractivity contribution in [3.8, 4) is 0 Å². The van der Waals surface area contributed by atoms with E-state index >= 15 is 0 Å². The van der Waals surface area contributed by atoms with Crippen LogP contribution in [0, 0.1) is 5.92 Å². The molecule has 4 heteroatoms. The zero-order valence-corrected chi connectivity index (χ0v) is 10.7. The van der Waals surface area contributed by atoms with Gasteiger partial charge in [-0.2, -0.15) is 0 Å². The Morgan fingerprint density at radius 3 is 2.00 bits per heavy atom. The summed E-state index contributed by atoms with van der Waals surface area (Å²) in [5, 5.41) is 3.31. The summed E-state index contributed by atoms with van der Waals surface area (Å²) in [7, 11) is 0. The average Bonchev–Trinajstić information content (AvgIpc) is 2.23. The lowest BCUT2D eigenvalue weighted by Crippen LogP contribution is -2.49. The molecule has 0 aromatic rings. The fourth-order valence-corrected chi connectivity index (χ4v) is 1.81. The summed E-state index contributed by atoms with van der Waals surface area (Å²) < 4.78 is 10.8. The van der Waals surface area contributed by atoms with Gasteiger partial charge in [-0.1, -0.05) is 0 Å². The summed E-state index contributed by atoms with van der Waals surface area (Å²) in [4.78, 5) is 2.46. The lowest BCUT2D eigenvalue weighted by Gasteiger charge is -2.33. The molecule has 1 aliphatic rings. The van der Waals surface area contributed by atoms with E-state index < -0.39 is 0 Å². The number of rotatable bonds is 10. The standard InChI is InChI=1S/C12H26N2O2/c1-3-15-7-5-14(6-8-16-4-2)11-12-9-13-10-12/h12-13H,3-11H2,1-2H3. The highest BCUT2D eigenvalue weighted by Gasteiger charge is 2.19. The van der Waals surface area contributed by atoms with E-state index in [1.807, 2.05) is 13.8 Å². The third-order valence-electron chi connectivity index (χ3n) is 2.89. The van der Waals surface area contributed by atoms with Gasteiger partial charge in [0.2, 0.25) is 0 Å². The lowest BCUT2D eigenvalue weighted by molar-refractivity contribution is 0.0707. The van der Waals surface area contributed by atoms with E-state index in [1.54, 1.807) is 0 Å². The molecule has 96 valence electrons. The average molecular weight is 230 g/mol. The second-order valence-electron chi connectivity index (χ2n) is 4.22. The summed E-state index contributed by atoms with van der Waals surface area (Å²) in [5.41, 5.74) is 0. The lowest BCUT2D eigenvalue weighted by atomic mass is 10.0. The molecule has 1 N–H and O–H groups in total. The molecular formula is C12H26N2O2. The van der Waals surface area contributed by atoms with Crippen molar-refractivity contribution >= 4 is 0 Å². The predicted octanol–water partition coefficient (Wildman–Crippen LogP) is 0.581. The van der Waals surface area contributed by atoms with Crippen molar-refractivity contribution < 1.29 is 9.47 Å². The first-order valence-corrected chi connectivity index (χ1v) is 6.45. The van der Waals surface area contributed by atoms with Crippen LogP contribution in [0.5, 0.6) is 0 Å². The van der Waals surface area contributed by atoms with Crippen LogP contribution in [0.15, 0.2) is 0 Å². The van der Waals surface area contributed by atoms with Crippen LogP contribution in [0.3, 0.4) is 0 Å². The molecule has 1 heterocycles.